The third-order valence-corrected chi connectivity index (χ3v) is 2.76. The summed E-state index contributed by atoms with van der Waals surface area (Å²) in [4.78, 5) is 0. The lowest BCUT2D eigenvalue weighted by molar-refractivity contribution is 0.147. The molecule has 3 heteroatoms. The van der Waals surface area contributed by atoms with Crippen LogP contribution in [0.15, 0.2) is 30.3 Å². The van der Waals surface area contributed by atoms with Gasteiger partial charge in [-0.25, -0.2) is 0 Å². The highest BCUT2D eigenvalue weighted by molar-refractivity contribution is 5.85. The van der Waals surface area contributed by atoms with Gasteiger partial charge in [-0.2, -0.15) is 0 Å². The molecule has 0 radical (unpaired) electrons. The van der Waals surface area contributed by atoms with E-state index in [-0.39, 0.29) is 12.4 Å². The molecule has 2 rings (SSSR count). The number of para-hydroxylation sites is 1. The SMILES string of the molecule is Cl.NC1CCC(Oc2ccccc2)CC1. The van der Waals surface area contributed by atoms with E-state index < -0.39 is 0 Å². The molecular weight excluding hydrogens is 210 g/mol. The minimum Gasteiger partial charge on any atom is -0.490 e. The van der Waals surface area contributed by atoms with E-state index >= 15 is 0 Å². The van der Waals surface area contributed by atoms with Crippen LogP contribution >= 0.6 is 12.4 Å². The Hall–Kier alpha value is -0.730. The Morgan fingerprint density at radius 3 is 2.20 bits per heavy atom. The first-order valence-corrected chi connectivity index (χ1v) is 5.32. The molecular formula is C12H18ClNO. The second-order valence-corrected chi connectivity index (χ2v) is 3.97. The first kappa shape index (κ1) is 12.3. The number of benzene rings is 1. The van der Waals surface area contributed by atoms with E-state index in [1.165, 1.54) is 0 Å². The van der Waals surface area contributed by atoms with Crippen molar-refractivity contribution >= 4 is 12.4 Å². The van der Waals surface area contributed by atoms with E-state index in [0.717, 1.165) is 31.4 Å². The van der Waals surface area contributed by atoms with E-state index in [1.54, 1.807) is 0 Å². The van der Waals surface area contributed by atoms with Gasteiger partial charge in [-0.05, 0) is 37.8 Å². The number of halogens is 1. The molecule has 1 aromatic rings. The fourth-order valence-corrected chi connectivity index (χ4v) is 1.90. The molecule has 0 saturated heterocycles. The molecule has 2 nitrogen and oxygen atoms in total. The Balaban J connectivity index is 0.00000112. The molecule has 15 heavy (non-hydrogen) atoms. The Bertz CT molecular complexity index is 270. The fraction of sp³-hybridized carbons (Fsp3) is 0.500. The average molecular weight is 228 g/mol. The summed E-state index contributed by atoms with van der Waals surface area (Å²) in [6, 6.07) is 10.4. The van der Waals surface area contributed by atoms with Gasteiger partial charge in [-0.15, -0.1) is 12.4 Å². The Labute approximate surface area is 97.2 Å². The molecule has 0 bridgehead atoms. The molecule has 1 saturated carbocycles. The first-order chi connectivity index (χ1) is 6.84. The highest BCUT2D eigenvalue weighted by Gasteiger charge is 2.19. The number of hydrogen-bond donors (Lipinski definition) is 1. The maximum Gasteiger partial charge on any atom is 0.119 e. The van der Waals surface area contributed by atoms with Crippen molar-refractivity contribution in [1.29, 1.82) is 0 Å². The Morgan fingerprint density at radius 1 is 1.00 bits per heavy atom. The summed E-state index contributed by atoms with van der Waals surface area (Å²) in [6.45, 7) is 0. The predicted octanol–water partition coefficient (Wildman–Crippen LogP) is 2.76. The maximum atomic E-state index is 5.85. The van der Waals surface area contributed by atoms with Gasteiger partial charge in [0.05, 0.1) is 6.10 Å². The number of nitrogens with two attached hydrogens (primary N) is 1. The largest absolute Gasteiger partial charge is 0.490 e. The van der Waals surface area contributed by atoms with Crippen LogP contribution in [0.1, 0.15) is 25.7 Å². The van der Waals surface area contributed by atoms with Gasteiger partial charge in [0.15, 0.2) is 0 Å². The molecule has 2 N–H and O–H groups in total. The zero-order valence-corrected chi connectivity index (χ0v) is 9.58. The monoisotopic (exact) mass is 227 g/mol. The van der Waals surface area contributed by atoms with Crippen molar-refractivity contribution in [2.45, 2.75) is 37.8 Å². The van der Waals surface area contributed by atoms with Crippen LogP contribution in [0, 0.1) is 0 Å². The molecule has 0 aromatic heterocycles. The highest BCUT2D eigenvalue weighted by Crippen LogP contribution is 2.22. The van der Waals surface area contributed by atoms with Crippen LogP contribution in [0.2, 0.25) is 0 Å². The summed E-state index contributed by atoms with van der Waals surface area (Å²) < 4.78 is 5.85. The van der Waals surface area contributed by atoms with E-state index in [1.807, 2.05) is 30.3 Å². The lowest BCUT2D eigenvalue weighted by Crippen LogP contribution is -2.31. The molecule has 1 aromatic carbocycles. The summed E-state index contributed by atoms with van der Waals surface area (Å²) in [6.07, 6.45) is 4.75. The summed E-state index contributed by atoms with van der Waals surface area (Å²) >= 11 is 0. The second kappa shape index (κ2) is 5.99. The zero-order valence-electron chi connectivity index (χ0n) is 8.76. The fourth-order valence-electron chi connectivity index (χ4n) is 1.90. The molecule has 1 aliphatic carbocycles. The molecule has 0 unspecified atom stereocenters. The predicted molar refractivity (Wildman–Crippen MR) is 64.5 cm³/mol. The van der Waals surface area contributed by atoms with Gasteiger partial charge in [0, 0.05) is 6.04 Å². The van der Waals surface area contributed by atoms with Crippen molar-refractivity contribution in [2.75, 3.05) is 0 Å². The lowest BCUT2D eigenvalue weighted by Gasteiger charge is -2.26. The Kier molecular flexibility index (Phi) is 4.92. The minimum absolute atomic E-state index is 0. The molecule has 0 atom stereocenters. The van der Waals surface area contributed by atoms with Crippen LogP contribution in [0.4, 0.5) is 0 Å². The van der Waals surface area contributed by atoms with Gasteiger partial charge >= 0.3 is 0 Å². The van der Waals surface area contributed by atoms with E-state index in [4.69, 9.17) is 10.5 Å². The first-order valence-electron chi connectivity index (χ1n) is 5.32. The molecule has 0 amide bonds. The molecule has 1 fully saturated rings. The molecule has 1 aliphatic rings. The van der Waals surface area contributed by atoms with Crippen LogP contribution in [0.25, 0.3) is 0 Å². The second-order valence-electron chi connectivity index (χ2n) is 3.97. The topological polar surface area (TPSA) is 35.2 Å². The van der Waals surface area contributed by atoms with Crippen LogP contribution in [-0.4, -0.2) is 12.1 Å². The van der Waals surface area contributed by atoms with Gasteiger partial charge in [0.2, 0.25) is 0 Å². The van der Waals surface area contributed by atoms with Crippen molar-refractivity contribution in [2.24, 2.45) is 5.73 Å². The molecule has 84 valence electrons. The van der Waals surface area contributed by atoms with Gasteiger partial charge in [0.1, 0.15) is 5.75 Å². The van der Waals surface area contributed by atoms with Crippen molar-refractivity contribution in [1.82, 2.24) is 0 Å². The molecule has 0 heterocycles. The van der Waals surface area contributed by atoms with Crippen LogP contribution in [0.3, 0.4) is 0 Å². The van der Waals surface area contributed by atoms with Crippen LogP contribution in [-0.2, 0) is 0 Å². The van der Waals surface area contributed by atoms with Crippen molar-refractivity contribution in [3.05, 3.63) is 30.3 Å². The lowest BCUT2D eigenvalue weighted by atomic mass is 9.94. The summed E-state index contributed by atoms with van der Waals surface area (Å²) in [5.41, 5.74) is 5.83. The smallest absolute Gasteiger partial charge is 0.119 e. The summed E-state index contributed by atoms with van der Waals surface area (Å²) in [5.74, 6) is 0.980. The van der Waals surface area contributed by atoms with Gasteiger partial charge in [-0.1, -0.05) is 18.2 Å². The van der Waals surface area contributed by atoms with Gasteiger partial charge in [-0.3, -0.25) is 0 Å². The van der Waals surface area contributed by atoms with Crippen molar-refractivity contribution in [3.8, 4) is 5.75 Å². The van der Waals surface area contributed by atoms with E-state index in [2.05, 4.69) is 0 Å². The third kappa shape index (κ3) is 3.73. The average Bonchev–Trinajstić information content (AvgIpc) is 2.23. The normalized spacial score (nSPS) is 25.4. The quantitative estimate of drug-likeness (QED) is 0.843. The van der Waals surface area contributed by atoms with Crippen LogP contribution < -0.4 is 10.5 Å². The molecule has 0 spiro atoms. The third-order valence-electron chi connectivity index (χ3n) is 2.76. The standard InChI is InChI=1S/C12H17NO.ClH/c13-10-6-8-12(9-7-10)14-11-4-2-1-3-5-11;/h1-5,10,12H,6-9,13H2;1H. The zero-order chi connectivity index (χ0) is 9.80. The Morgan fingerprint density at radius 2 is 1.60 bits per heavy atom. The van der Waals surface area contributed by atoms with Crippen molar-refractivity contribution in [3.63, 3.8) is 0 Å². The minimum atomic E-state index is 0. The summed E-state index contributed by atoms with van der Waals surface area (Å²) in [7, 11) is 0. The maximum absolute atomic E-state index is 5.85. The number of hydrogen-bond acceptors (Lipinski definition) is 2. The van der Waals surface area contributed by atoms with Crippen molar-refractivity contribution < 1.29 is 4.74 Å². The number of rotatable bonds is 2. The van der Waals surface area contributed by atoms with Crippen LogP contribution in [0.5, 0.6) is 5.75 Å². The highest BCUT2D eigenvalue weighted by atomic mass is 35.5. The van der Waals surface area contributed by atoms with E-state index in [9.17, 15) is 0 Å². The van der Waals surface area contributed by atoms with E-state index in [0.29, 0.717) is 12.1 Å². The number of ether oxygens (including phenoxy) is 1. The molecule has 0 aliphatic heterocycles. The summed E-state index contributed by atoms with van der Waals surface area (Å²) in [5, 5.41) is 0. The van der Waals surface area contributed by atoms with Gasteiger partial charge < -0.3 is 10.5 Å². The van der Waals surface area contributed by atoms with Gasteiger partial charge in [0.25, 0.3) is 0 Å².